The van der Waals surface area contributed by atoms with Gasteiger partial charge in [-0.1, -0.05) is 12.8 Å². The number of hydrogen-bond donors (Lipinski definition) is 2. The minimum atomic E-state index is 0.627. The molecule has 0 aromatic carbocycles. The summed E-state index contributed by atoms with van der Waals surface area (Å²) < 4.78 is 0. The third-order valence-electron chi connectivity index (χ3n) is 3.17. The van der Waals surface area contributed by atoms with E-state index in [1.807, 2.05) is 18.7 Å². The molecule has 2 N–H and O–H groups in total. The Morgan fingerprint density at radius 1 is 1.44 bits per heavy atom. The number of aryl methyl sites for hydroxylation is 1. The fourth-order valence-corrected chi connectivity index (χ4v) is 3.27. The van der Waals surface area contributed by atoms with E-state index in [9.17, 15) is 0 Å². The van der Waals surface area contributed by atoms with Gasteiger partial charge in [0.25, 0.3) is 0 Å². The van der Waals surface area contributed by atoms with E-state index in [-0.39, 0.29) is 0 Å². The molecule has 1 aliphatic rings. The highest BCUT2D eigenvalue weighted by atomic mass is 32.2. The second-order valence-corrected chi connectivity index (χ2v) is 5.46. The molecule has 1 heterocycles. The van der Waals surface area contributed by atoms with Crippen molar-refractivity contribution in [1.29, 1.82) is 0 Å². The molecule has 2 atom stereocenters. The molecule has 0 spiro atoms. The molecule has 0 radical (unpaired) electrons. The molecule has 90 valence electrons. The van der Waals surface area contributed by atoms with Crippen molar-refractivity contribution in [2.45, 2.75) is 50.4 Å². The van der Waals surface area contributed by atoms with E-state index >= 15 is 0 Å². The van der Waals surface area contributed by atoms with Crippen LogP contribution in [0.2, 0.25) is 0 Å². The first-order chi connectivity index (χ1) is 7.79. The van der Waals surface area contributed by atoms with E-state index in [0.29, 0.717) is 6.04 Å². The van der Waals surface area contributed by atoms with Gasteiger partial charge in [-0.15, -0.1) is 0 Å². The lowest BCUT2D eigenvalue weighted by Crippen LogP contribution is -2.40. The second kappa shape index (κ2) is 5.68. The Morgan fingerprint density at radius 3 is 2.94 bits per heavy atom. The van der Waals surface area contributed by atoms with Gasteiger partial charge < -0.3 is 5.32 Å². The van der Waals surface area contributed by atoms with E-state index in [2.05, 4.69) is 26.8 Å². The van der Waals surface area contributed by atoms with Gasteiger partial charge in [0.15, 0.2) is 5.82 Å². The summed E-state index contributed by atoms with van der Waals surface area (Å²) in [6, 6.07) is 0.627. The van der Waals surface area contributed by atoms with Crippen LogP contribution in [0.3, 0.4) is 0 Å². The zero-order chi connectivity index (χ0) is 11.4. The van der Waals surface area contributed by atoms with Crippen molar-refractivity contribution in [2.75, 3.05) is 6.26 Å². The van der Waals surface area contributed by atoms with Crippen molar-refractivity contribution in [3.05, 3.63) is 11.6 Å². The Labute approximate surface area is 101 Å². The minimum absolute atomic E-state index is 0.627. The van der Waals surface area contributed by atoms with Gasteiger partial charge in [0, 0.05) is 11.3 Å². The van der Waals surface area contributed by atoms with Gasteiger partial charge in [-0.3, -0.25) is 5.10 Å². The van der Waals surface area contributed by atoms with Crippen molar-refractivity contribution < 1.29 is 0 Å². The first-order valence-electron chi connectivity index (χ1n) is 5.93. The molecule has 0 bridgehead atoms. The number of hydrogen-bond acceptors (Lipinski definition) is 4. The van der Waals surface area contributed by atoms with E-state index in [1.165, 1.54) is 25.7 Å². The predicted molar refractivity (Wildman–Crippen MR) is 67.5 cm³/mol. The quantitative estimate of drug-likeness (QED) is 0.843. The second-order valence-electron chi connectivity index (χ2n) is 4.38. The molecule has 0 saturated heterocycles. The van der Waals surface area contributed by atoms with Gasteiger partial charge in [-0.2, -0.15) is 16.9 Å². The monoisotopic (exact) mass is 240 g/mol. The van der Waals surface area contributed by atoms with Gasteiger partial charge in [-0.25, -0.2) is 4.98 Å². The molecule has 0 amide bonds. The van der Waals surface area contributed by atoms with Gasteiger partial charge in [0.1, 0.15) is 5.82 Å². The zero-order valence-corrected chi connectivity index (χ0v) is 10.8. The van der Waals surface area contributed by atoms with Gasteiger partial charge in [0.2, 0.25) is 0 Å². The maximum atomic E-state index is 4.31. The summed E-state index contributed by atoms with van der Waals surface area (Å²) in [4.78, 5) is 4.31. The minimum Gasteiger partial charge on any atom is -0.306 e. The Kier molecular flexibility index (Phi) is 4.23. The summed E-state index contributed by atoms with van der Waals surface area (Å²) in [5.74, 6) is 1.77. The molecule has 16 heavy (non-hydrogen) atoms. The summed E-state index contributed by atoms with van der Waals surface area (Å²) >= 11 is 1.98. The van der Waals surface area contributed by atoms with Crippen LogP contribution in [0.5, 0.6) is 0 Å². The largest absolute Gasteiger partial charge is 0.306 e. The highest BCUT2D eigenvalue weighted by Crippen LogP contribution is 2.27. The Morgan fingerprint density at radius 2 is 2.25 bits per heavy atom. The average molecular weight is 240 g/mol. The summed E-state index contributed by atoms with van der Waals surface area (Å²) in [5.41, 5.74) is 0. The first kappa shape index (κ1) is 11.9. The van der Waals surface area contributed by atoms with E-state index in [4.69, 9.17) is 0 Å². The number of H-pyrrole nitrogens is 1. The average Bonchev–Trinajstić information content (AvgIpc) is 2.73. The van der Waals surface area contributed by atoms with Crippen LogP contribution in [0.4, 0.5) is 0 Å². The van der Waals surface area contributed by atoms with Gasteiger partial charge in [-0.05, 0) is 26.0 Å². The van der Waals surface area contributed by atoms with Crippen molar-refractivity contribution >= 4 is 11.8 Å². The third-order valence-corrected chi connectivity index (χ3v) is 4.34. The van der Waals surface area contributed by atoms with Gasteiger partial charge in [0.05, 0.1) is 6.54 Å². The Balaban J connectivity index is 1.84. The molecule has 1 saturated carbocycles. The van der Waals surface area contributed by atoms with Crippen LogP contribution in [0, 0.1) is 6.92 Å². The molecule has 4 nitrogen and oxygen atoms in total. The van der Waals surface area contributed by atoms with Crippen molar-refractivity contribution in [2.24, 2.45) is 0 Å². The molecule has 1 aromatic rings. The fourth-order valence-electron chi connectivity index (χ4n) is 2.30. The topological polar surface area (TPSA) is 53.6 Å². The maximum absolute atomic E-state index is 4.31. The Hall–Kier alpha value is -0.550. The lowest BCUT2D eigenvalue weighted by molar-refractivity contribution is 0.380. The Bertz CT molecular complexity index is 326. The molecule has 2 unspecified atom stereocenters. The molecule has 5 heteroatoms. The summed E-state index contributed by atoms with van der Waals surface area (Å²) in [6.45, 7) is 2.72. The molecular weight excluding hydrogens is 220 g/mol. The summed E-state index contributed by atoms with van der Waals surface area (Å²) in [7, 11) is 0. The van der Waals surface area contributed by atoms with Crippen molar-refractivity contribution in [1.82, 2.24) is 20.5 Å². The van der Waals surface area contributed by atoms with E-state index < -0.39 is 0 Å². The standard InChI is InChI=1S/C11H20N4S/c1-8-13-11(15-14-8)7-12-9-5-3-4-6-10(9)16-2/h9-10,12H,3-7H2,1-2H3,(H,13,14,15). The van der Waals surface area contributed by atoms with Crippen molar-refractivity contribution in [3.8, 4) is 0 Å². The normalized spacial score (nSPS) is 25.9. The number of rotatable bonds is 4. The van der Waals surface area contributed by atoms with Crippen LogP contribution in [0.15, 0.2) is 0 Å². The lowest BCUT2D eigenvalue weighted by atomic mass is 9.95. The lowest BCUT2D eigenvalue weighted by Gasteiger charge is -2.30. The first-order valence-corrected chi connectivity index (χ1v) is 7.22. The van der Waals surface area contributed by atoms with E-state index in [0.717, 1.165) is 23.4 Å². The highest BCUT2D eigenvalue weighted by Gasteiger charge is 2.23. The molecule has 1 fully saturated rings. The third kappa shape index (κ3) is 2.98. The number of nitrogens with zero attached hydrogens (tertiary/aromatic N) is 2. The number of thioether (sulfide) groups is 1. The summed E-state index contributed by atoms with van der Waals surface area (Å²) in [6.07, 6.45) is 7.56. The van der Waals surface area contributed by atoms with Crippen molar-refractivity contribution in [3.63, 3.8) is 0 Å². The molecule has 0 aliphatic heterocycles. The predicted octanol–water partition coefficient (Wildman–Crippen LogP) is 1.88. The zero-order valence-electron chi connectivity index (χ0n) is 9.99. The van der Waals surface area contributed by atoms with Crippen LogP contribution < -0.4 is 5.32 Å². The molecular formula is C11H20N4S. The number of aromatic amines is 1. The smallest absolute Gasteiger partial charge is 0.164 e. The van der Waals surface area contributed by atoms with Crippen LogP contribution in [0.1, 0.15) is 37.3 Å². The number of aromatic nitrogens is 3. The SMILES string of the molecule is CSC1CCCCC1NCc1n[nH]c(C)n1. The van der Waals surface area contributed by atoms with Crippen LogP contribution >= 0.6 is 11.8 Å². The highest BCUT2D eigenvalue weighted by molar-refractivity contribution is 7.99. The fraction of sp³-hybridized carbons (Fsp3) is 0.818. The molecule has 1 aromatic heterocycles. The van der Waals surface area contributed by atoms with Gasteiger partial charge >= 0.3 is 0 Å². The maximum Gasteiger partial charge on any atom is 0.164 e. The van der Waals surface area contributed by atoms with E-state index in [1.54, 1.807) is 0 Å². The summed E-state index contributed by atoms with van der Waals surface area (Å²) in [5, 5.41) is 11.4. The molecule has 2 rings (SSSR count). The van der Waals surface area contributed by atoms with Crippen LogP contribution in [-0.2, 0) is 6.54 Å². The van der Waals surface area contributed by atoms with Crippen LogP contribution in [-0.4, -0.2) is 32.7 Å². The number of nitrogens with one attached hydrogen (secondary N) is 2. The molecule has 1 aliphatic carbocycles. The van der Waals surface area contributed by atoms with Crippen LogP contribution in [0.25, 0.3) is 0 Å².